The molecule has 0 saturated carbocycles. The summed E-state index contributed by atoms with van der Waals surface area (Å²) in [5.74, 6) is 2.13. The Labute approximate surface area is 123 Å². The first kappa shape index (κ1) is 15.5. The number of nitrogens with one attached hydrogen (secondary N) is 1. The van der Waals surface area contributed by atoms with Crippen molar-refractivity contribution in [2.75, 3.05) is 33.7 Å². The van der Waals surface area contributed by atoms with E-state index >= 15 is 0 Å². The molecule has 1 aromatic heterocycles. The lowest BCUT2D eigenvalue weighted by Crippen LogP contribution is -2.36. The highest BCUT2D eigenvalue weighted by molar-refractivity contribution is 5.20. The summed E-state index contributed by atoms with van der Waals surface area (Å²) in [5, 5.41) is 3.36. The third kappa shape index (κ3) is 4.08. The minimum atomic E-state index is 0.706. The topological polar surface area (TPSA) is 31.6 Å². The van der Waals surface area contributed by atoms with Gasteiger partial charge in [0.05, 0.1) is 6.54 Å². The van der Waals surface area contributed by atoms with Crippen molar-refractivity contribution in [3.63, 3.8) is 0 Å². The summed E-state index contributed by atoms with van der Waals surface area (Å²) in [5.41, 5.74) is 1.29. The molecule has 4 heteroatoms. The van der Waals surface area contributed by atoms with Crippen LogP contribution in [0.3, 0.4) is 0 Å². The quantitative estimate of drug-likeness (QED) is 0.829. The molecule has 4 nitrogen and oxygen atoms in total. The van der Waals surface area contributed by atoms with Gasteiger partial charge >= 0.3 is 0 Å². The van der Waals surface area contributed by atoms with E-state index in [0.29, 0.717) is 6.04 Å². The van der Waals surface area contributed by atoms with Crippen molar-refractivity contribution < 1.29 is 4.42 Å². The van der Waals surface area contributed by atoms with Gasteiger partial charge < -0.3 is 14.6 Å². The van der Waals surface area contributed by atoms with E-state index in [1.165, 1.54) is 24.9 Å². The molecule has 1 aromatic rings. The Morgan fingerprint density at radius 2 is 2.30 bits per heavy atom. The maximum Gasteiger partial charge on any atom is 0.118 e. The molecule has 0 bridgehead atoms. The van der Waals surface area contributed by atoms with Crippen molar-refractivity contribution in [3.8, 4) is 0 Å². The number of hydrogen-bond donors (Lipinski definition) is 1. The molecule has 1 aliphatic heterocycles. The van der Waals surface area contributed by atoms with Gasteiger partial charge in [-0.3, -0.25) is 4.90 Å². The first-order valence-corrected chi connectivity index (χ1v) is 7.77. The molecule has 1 atom stereocenters. The summed E-state index contributed by atoms with van der Waals surface area (Å²) in [6.07, 6.45) is 2.66. The fourth-order valence-electron chi connectivity index (χ4n) is 3.00. The SMILES string of the molecule is CCNCc1cc(CN(C)CC2CCCN2C)oc1C. The lowest BCUT2D eigenvalue weighted by molar-refractivity contribution is 0.205. The number of rotatable bonds is 7. The fourth-order valence-corrected chi connectivity index (χ4v) is 3.00. The predicted octanol–water partition coefficient (Wildman–Crippen LogP) is 2.22. The average molecular weight is 279 g/mol. The largest absolute Gasteiger partial charge is 0.465 e. The monoisotopic (exact) mass is 279 g/mol. The van der Waals surface area contributed by atoms with Crippen LogP contribution in [-0.2, 0) is 13.1 Å². The molecule has 1 N–H and O–H groups in total. The highest BCUT2D eigenvalue weighted by Crippen LogP contribution is 2.19. The van der Waals surface area contributed by atoms with Crippen LogP contribution in [0.15, 0.2) is 10.5 Å². The van der Waals surface area contributed by atoms with Gasteiger partial charge in [-0.1, -0.05) is 6.92 Å². The summed E-state index contributed by atoms with van der Waals surface area (Å²) in [6, 6.07) is 2.91. The average Bonchev–Trinajstić information content (AvgIpc) is 2.94. The van der Waals surface area contributed by atoms with Crippen molar-refractivity contribution in [2.24, 2.45) is 0 Å². The fraction of sp³-hybridized carbons (Fsp3) is 0.750. The van der Waals surface area contributed by atoms with Crippen LogP contribution >= 0.6 is 0 Å². The minimum Gasteiger partial charge on any atom is -0.465 e. The second-order valence-electron chi connectivity index (χ2n) is 6.05. The Balaban J connectivity index is 1.85. The van der Waals surface area contributed by atoms with Crippen molar-refractivity contribution >= 4 is 0 Å². The Morgan fingerprint density at radius 1 is 1.50 bits per heavy atom. The van der Waals surface area contributed by atoms with Gasteiger partial charge in [0, 0.05) is 24.7 Å². The Morgan fingerprint density at radius 3 is 2.95 bits per heavy atom. The van der Waals surface area contributed by atoms with Gasteiger partial charge in [-0.2, -0.15) is 0 Å². The van der Waals surface area contributed by atoms with Gasteiger partial charge in [0.1, 0.15) is 11.5 Å². The van der Waals surface area contributed by atoms with Crippen LogP contribution in [0.1, 0.15) is 36.8 Å². The second kappa shape index (κ2) is 7.25. The number of nitrogens with zero attached hydrogens (tertiary/aromatic N) is 2. The zero-order valence-electron chi connectivity index (χ0n) is 13.4. The second-order valence-corrected chi connectivity index (χ2v) is 6.05. The van der Waals surface area contributed by atoms with E-state index in [4.69, 9.17) is 4.42 Å². The molecule has 2 heterocycles. The molecule has 2 rings (SSSR count). The van der Waals surface area contributed by atoms with Gasteiger partial charge in [0.25, 0.3) is 0 Å². The molecule has 0 radical (unpaired) electrons. The van der Waals surface area contributed by atoms with Gasteiger partial charge in [0.15, 0.2) is 0 Å². The summed E-state index contributed by atoms with van der Waals surface area (Å²) in [4.78, 5) is 4.85. The third-order valence-electron chi connectivity index (χ3n) is 4.26. The summed E-state index contributed by atoms with van der Waals surface area (Å²) < 4.78 is 5.88. The van der Waals surface area contributed by atoms with Crippen LogP contribution in [-0.4, -0.2) is 49.6 Å². The molecule has 0 aromatic carbocycles. The molecular formula is C16H29N3O. The van der Waals surface area contributed by atoms with Gasteiger partial charge in [-0.25, -0.2) is 0 Å². The van der Waals surface area contributed by atoms with Crippen molar-refractivity contribution in [2.45, 2.75) is 45.8 Å². The number of likely N-dealkylation sites (N-methyl/N-ethyl adjacent to an activating group) is 2. The minimum absolute atomic E-state index is 0.706. The van der Waals surface area contributed by atoms with Crippen LogP contribution in [0.4, 0.5) is 0 Å². The molecule has 0 aliphatic carbocycles. The van der Waals surface area contributed by atoms with E-state index in [9.17, 15) is 0 Å². The molecular weight excluding hydrogens is 250 g/mol. The highest BCUT2D eigenvalue weighted by atomic mass is 16.3. The Hall–Kier alpha value is -0.840. The van der Waals surface area contributed by atoms with E-state index in [-0.39, 0.29) is 0 Å². The van der Waals surface area contributed by atoms with Crippen molar-refractivity contribution in [3.05, 3.63) is 23.2 Å². The van der Waals surface area contributed by atoms with Crippen LogP contribution in [0.2, 0.25) is 0 Å². The van der Waals surface area contributed by atoms with Crippen LogP contribution < -0.4 is 5.32 Å². The summed E-state index contributed by atoms with van der Waals surface area (Å²) >= 11 is 0. The Kier molecular flexibility index (Phi) is 5.64. The molecule has 1 aliphatic rings. The standard InChI is InChI=1S/C16H29N3O/c1-5-17-10-14-9-16(20-13(14)2)12-18(3)11-15-7-6-8-19(15)4/h9,15,17H,5-8,10-12H2,1-4H3. The first-order chi connectivity index (χ1) is 9.60. The lowest BCUT2D eigenvalue weighted by Gasteiger charge is -2.25. The molecule has 0 amide bonds. The van der Waals surface area contributed by atoms with E-state index < -0.39 is 0 Å². The molecule has 1 saturated heterocycles. The molecule has 114 valence electrons. The number of hydrogen-bond acceptors (Lipinski definition) is 4. The smallest absolute Gasteiger partial charge is 0.118 e. The maximum atomic E-state index is 5.88. The van der Waals surface area contributed by atoms with Gasteiger partial charge in [-0.05, 0) is 53.0 Å². The molecule has 1 unspecified atom stereocenters. The number of likely N-dealkylation sites (tertiary alicyclic amines) is 1. The van der Waals surface area contributed by atoms with E-state index in [1.54, 1.807) is 0 Å². The normalized spacial score (nSPS) is 20.1. The molecule has 20 heavy (non-hydrogen) atoms. The van der Waals surface area contributed by atoms with Crippen LogP contribution in [0, 0.1) is 6.92 Å². The summed E-state index contributed by atoms with van der Waals surface area (Å²) in [7, 11) is 4.42. The van der Waals surface area contributed by atoms with Crippen molar-refractivity contribution in [1.82, 2.24) is 15.1 Å². The van der Waals surface area contributed by atoms with Gasteiger partial charge in [0.2, 0.25) is 0 Å². The third-order valence-corrected chi connectivity index (χ3v) is 4.26. The zero-order chi connectivity index (χ0) is 14.5. The number of furan rings is 1. The predicted molar refractivity (Wildman–Crippen MR) is 82.8 cm³/mol. The number of aryl methyl sites for hydroxylation is 1. The van der Waals surface area contributed by atoms with E-state index in [0.717, 1.165) is 37.7 Å². The highest BCUT2D eigenvalue weighted by Gasteiger charge is 2.22. The molecule has 0 spiro atoms. The first-order valence-electron chi connectivity index (χ1n) is 7.77. The zero-order valence-corrected chi connectivity index (χ0v) is 13.4. The van der Waals surface area contributed by atoms with Crippen molar-refractivity contribution in [1.29, 1.82) is 0 Å². The van der Waals surface area contributed by atoms with Gasteiger partial charge in [-0.15, -0.1) is 0 Å². The molecule has 1 fully saturated rings. The van der Waals surface area contributed by atoms with Crippen LogP contribution in [0.25, 0.3) is 0 Å². The lowest BCUT2D eigenvalue weighted by atomic mass is 10.2. The van der Waals surface area contributed by atoms with Crippen LogP contribution in [0.5, 0.6) is 0 Å². The summed E-state index contributed by atoms with van der Waals surface area (Å²) in [6.45, 7) is 9.35. The van der Waals surface area contributed by atoms with E-state index in [1.807, 2.05) is 0 Å². The Bertz CT molecular complexity index is 416. The van der Waals surface area contributed by atoms with E-state index in [2.05, 4.69) is 49.1 Å². The maximum absolute atomic E-state index is 5.88.